The Morgan fingerprint density at radius 2 is 2.13 bits per heavy atom. The van der Waals surface area contributed by atoms with Crippen LogP contribution in [0.2, 0.25) is 0 Å². The van der Waals surface area contributed by atoms with Crippen LogP contribution in [0.5, 0.6) is 0 Å². The van der Waals surface area contributed by atoms with Crippen molar-refractivity contribution in [3.8, 4) is 0 Å². The predicted octanol–water partition coefficient (Wildman–Crippen LogP) is 1.51. The van der Waals surface area contributed by atoms with E-state index in [0.29, 0.717) is 18.0 Å². The van der Waals surface area contributed by atoms with Gasteiger partial charge in [0.1, 0.15) is 0 Å². The second-order valence-electron chi connectivity index (χ2n) is 2.88. The van der Waals surface area contributed by atoms with E-state index in [0.717, 1.165) is 4.90 Å². The van der Waals surface area contributed by atoms with Crippen molar-refractivity contribution in [2.45, 2.75) is 11.8 Å². The molecule has 4 N–H and O–H groups in total. The van der Waals surface area contributed by atoms with Crippen molar-refractivity contribution in [3.63, 3.8) is 0 Å². The molecule has 15 heavy (non-hydrogen) atoms. The lowest BCUT2D eigenvalue weighted by Crippen LogP contribution is -2.06. The van der Waals surface area contributed by atoms with Gasteiger partial charge in [-0.3, -0.25) is 4.79 Å². The number of esters is 1. The molecule has 1 aromatic carbocycles. The Morgan fingerprint density at radius 1 is 1.40 bits per heavy atom. The molecule has 0 aliphatic heterocycles. The molecule has 0 radical (unpaired) electrons. The molecule has 0 atom stereocenters. The summed E-state index contributed by atoms with van der Waals surface area (Å²) in [5.74, 6) is 0.0647. The number of hydrogen-bond acceptors (Lipinski definition) is 5. The molecule has 1 aromatic rings. The molecule has 0 aromatic heterocycles. The predicted molar refractivity (Wildman–Crippen MR) is 62.6 cm³/mol. The lowest BCUT2D eigenvalue weighted by Gasteiger charge is -2.04. The SMILES string of the molecule is CCOC(=O)CSc1ccc(N)c(N)c1. The second-order valence-corrected chi connectivity index (χ2v) is 3.93. The number of benzene rings is 1. The highest BCUT2D eigenvalue weighted by Crippen LogP contribution is 2.24. The molecule has 0 aliphatic rings. The van der Waals surface area contributed by atoms with Crippen molar-refractivity contribution in [1.29, 1.82) is 0 Å². The minimum absolute atomic E-state index is 0.224. The first-order valence-electron chi connectivity index (χ1n) is 4.57. The Kier molecular flexibility index (Phi) is 4.30. The average molecular weight is 226 g/mol. The lowest BCUT2D eigenvalue weighted by atomic mass is 10.3. The number of ether oxygens (including phenoxy) is 1. The standard InChI is InChI=1S/C10H14N2O2S/c1-2-14-10(13)6-15-7-3-4-8(11)9(12)5-7/h3-5H,2,6,11-12H2,1H3. The van der Waals surface area contributed by atoms with Crippen molar-refractivity contribution in [1.82, 2.24) is 0 Å². The summed E-state index contributed by atoms with van der Waals surface area (Å²) >= 11 is 1.38. The number of carbonyl (C=O) groups is 1. The van der Waals surface area contributed by atoms with Gasteiger partial charge in [0.25, 0.3) is 0 Å². The number of hydrogen-bond donors (Lipinski definition) is 2. The number of nitrogens with two attached hydrogens (primary N) is 2. The number of rotatable bonds is 4. The van der Waals surface area contributed by atoms with Gasteiger partial charge in [0, 0.05) is 4.90 Å². The summed E-state index contributed by atoms with van der Waals surface area (Å²) in [6, 6.07) is 5.30. The number of nitrogen functional groups attached to an aromatic ring is 2. The van der Waals surface area contributed by atoms with Gasteiger partial charge in [0.2, 0.25) is 0 Å². The van der Waals surface area contributed by atoms with E-state index in [1.807, 2.05) is 6.07 Å². The molecular weight excluding hydrogens is 212 g/mol. The maximum Gasteiger partial charge on any atom is 0.316 e. The van der Waals surface area contributed by atoms with Crippen LogP contribution in [0.1, 0.15) is 6.92 Å². The monoisotopic (exact) mass is 226 g/mol. The van der Waals surface area contributed by atoms with Gasteiger partial charge in [-0.15, -0.1) is 11.8 Å². The van der Waals surface area contributed by atoms with Gasteiger partial charge in [0.15, 0.2) is 0 Å². The molecule has 0 saturated heterocycles. The van der Waals surface area contributed by atoms with Gasteiger partial charge < -0.3 is 16.2 Å². The number of anilines is 2. The first kappa shape index (κ1) is 11.7. The first-order chi connectivity index (χ1) is 7.13. The average Bonchev–Trinajstić information content (AvgIpc) is 2.20. The minimum Gasteiger partial charge on any atom is -0.465 e. The van der Waals surface area contributed by atoms with E-state index in [1.165, 1.54) is 11.8 Å². The third-order valence-electron chi connectivity index (χ3n) is 1.72. The quantitative estimate of drug-likeness (QED) is 0.462. The van der Waals surface area contributed by atoms with Crippen LogP contribution in [-0.4, -0.2) is 18.3 Å². The van der Waals surface area contributed by atoms with Gasteiger partial charge in [-0.1, -0.05) is 0 Å². The van der Waals surface area contributed by atoms with Gasteiger partial charge in [-0.05, 0) is 25.1 Å². The summed E-state index contributed by atoms with van der Waals surface area (Å²) in [5.41, 5.74) is 12.3. The Hall–Kier alpha value is -1.36. The van der Waals surface area contributed by atoms with Crippen LogP contribution >= 0.6 is 11.8 Å². The van der Waals surface area contributed by atoms with Crippen LogP contribution in [0.4, 0.5) is 11.4 Å². The zero-order valence-electron chi connectivity index (χ0n) is 8.53. The van der Waals surface area contributed by atoms with Crippen LogP contribution in [0.3, 0.4) is 0 Å². The van der Waals surface area contributed by atoms with E-state index < -0.39 is 0 Å². The summed E-state index contributed by atoms with van der Waals surface area (Å²) in [5, 5.41) is 0. The third-order valence-corrected chi connectivity index (χ3v) is 2.69. The lowest BCUT2D eigenvalue weighted by molar-refractivity contribution is -0.139. The van der Waals surface area contributed by atoms with E-state index >= 15 is 0 Å². The van der Waals surface area contributed by atoms with Crippen LogP contribution in [-0.2, 0) is 9.53 Å². The molecule has 0 saturated carbocycles. The van der Waals surface area contributed by atoms with Crippen molar-refractivity contribution in [3.05, 3.63) is 18.2 Å². The minimum atomic E-state index is -0.224. The van der Waals surface area contributed by atoms with E-state index in [2.05, 4.69) is 0 Å². The van der Waals surface area contributed by atoms with Crippen molar-refractivity contribution < 1.29 is 9.53 Å². The molecule has 0 unspecified atom stereocenters. The summed E-state index contributed by atoms with van der Waals surface area (Å²) < 4.78 is 4.80. The van der Waals surface area contributed by atoms with Crippen molar-refractivity contribution in [2.24, 2.45) is 0 Å². The topological polar surface area (TPSA) is 78.3 Å². The summed E-state index contributed by atoms with van der Waals surface area (Å²) in [7, 11) is 0. The summed E-state index contributed by atoms with van der Waals surface area (Å²) in [4.78, 5) is 12.0. The van der Waals surface area contributed by atoms with Crippen molar-refractivity contribution in [2.75, 3.05) is 23.8 Å². The highest BCUT2D eigenvalue weighted by molar-refractivity contribution is 8.00. The van der Waals surface area contributed by atoms with Gasteiger partial charge >= 0.3 is 5.97 Å². The Bertz CT molecular complexity index is 355. The maximum absolute atomic E-state index is 11.1. The van der Waals surface area contributed by atoms with E-state index in [1.54, 1.807) is 19.1 Å². The highest BCUT2D eigenvalue weighted by atomic mass is 32.2. The van der Waals surface area contributed by atoms with Crippen LogP contribution in [0.25, 0.3) is 0 Å². The molecule has 5 heteroatoms. The largest absolute Gasteiger partial charge is 0.465 e. The van der Waals surface area contributed by atoms with Crippen LogP contribution in [0.15, 0.2) is 23.1 Å². The first-order valence-corrected chi connectivity index (χ1v) is 5.55. The fourth-order valence-electron chi connectivity index (χ4n) is 0.988. The fraction of sp³-hybridized carbons (Fsp3) is 0.300. The molecular formula is C10H14N2O2S. The van der Waals surface area contributed by atoms with E-state index in [4.69, 9.17) is 16.2 Å². The summed E-state index contributed by atoms with van der Waals surface area (Å²) in [6.07, 6.45) is 0. The van der Waals surface area contributed by atoms with E-state index in [-0.39, 0.29) is 11.7 Å². The fourth-order valence-corrected chi connectivity index (χ4v) is 1.73. The number of carbonyl (C=O) groups excluding carboxylic acids is 1. The molecule has 0 fully saturated rings. The summed E-state index contributed by atoms with van der Waals surface area (Å²) in [6.45, 7) is 2.19. The third kappa shape index (κ3) is 3.71. The smallest absolute Gasteiger partial charge is 0.316 e. The van der Waals surface area contributed by atoms with Crippen LogP contribution < -0.4 is 11.5 Å². The van der Waals surface area contributed by atoms with Crippen molar-refractivity contribution >= 4 is 29.1 Å². The molecule has 0 aliphatic carbocycles. The van der Waals surface area contributed by atoms with E-state index in [9.17, 15) is 4.79 Å². The maximum atomic E-state index is 11.1. The number of thioether (sulfide) groups is 1. The highest BCUT2D eigenvalue weighted by Gasteiger charge is 2.04. The van der Waals surface area contributed by atoms with Gasteiger partial charge in [-0.25, -0.2) is 0 Å². The molecule has 1 rings (SSSR count). The second kappa shape index (κ2) is 5.50. The van der Waals surface area contributed by atoms with Gasteiger partial charge in [-0.2, -0.15) is 0 Å². The van der Waals surface area contributed by atoms with Crippen LogP contribution in [0, 0.1) is 0 Å². The molecule has 4 nitrogen and oxygen atoms in total. The Labute approximate surface area is 93.0 Å². The zero-order chi connectivity index (χ0) is 11.3. The molecule has 0 amide bonds. The Morgan fingerprint density at radius 3 is 2.73 bits per heavy atom. The molecule has 0 bridgehead atoms. The normalized spacial score (nSPS) is 9.93. The molecule has 0 spiro atoms. The van der Waals surface area contributed by atoms with Gasteiger partial charge in [0.05, 0.1) is 23.7 Å². The Balaban J connectivity index is 2.51. The zero-order valence-corrected chi connectivity index (χ0v) is 9.34. The molecule has 0 heterocycles. The molecule has 82 valence electrons.